The first-order chi connectivity index (χ1) is 9.28. The van der Waals surface area contributed by atoms with Crippen LogP contribution in [-0.4, -0.2) is 28.9 Å². The molecule has 0 heterocycles. The molecule has 2 atom stereocenters. The van der Waals surface area contributed by atoms with Crippen molar-refractivity contribution in [2.75, 3.05) is 0 Å². The number of amides is 1. The van der Waals surface area contributed by atoms with Gasteiger partial charge in [0.05, 0.1) is 12.1 Å². The first-order valence-corrected chi connectivity index (χ1v) is 7.95. The van der Waals surface area contributed by atoms with Crippen LogP contribution in [0.2, 0.25) is 0 Å². The average molecular weight is 285 g/mol. The van der Waals surface area contributed by atoms with E-state index >= 15 is 0 Å². The fraction of sp³-hybridized carbons (Fsp3) is 0.938. The van der Waals surface area contributed by atoms with Crippen molar-refractivity contribution in [3.63, 3.8) is 0 Å². The van der Waals surface area contributed by atoms with Crippen LogP contribution in [0.4, 0.5) is 4.79 Å². The number of aliphatic hydroxyl groups is 1. The number of hydrogen-bond acceptors (Lipinski definition) is 3. The van der Waals surface area contributed by atoms with E-state index in [2.05, 4.69) is 5.32 Å². The van der Waals surface area contributed by atoms with Gasteiger partial charge in [0, 0.05) is 0 Å². The minimum absolute atomic E-state index is 0.270. The predicted octanol–water partition coefficient (Wildman–Crippen LogP) is 3.62. The highest BCUT2D eigenvalue weighted by Crippen LogP contribution is 2.28. The Morgan fingerprint density at radius 3 is 2.45 bits per heavy atom. The van der Waals surface area contributed by atoms with Crippen molar-refractivity contribution in [1.82, 2.24) is 5.32 Å². The van der Waals surface area contributed by atoms with Crippen molar-refractivity contribution in [3.8, 4) is 0 Å². The van der Waals surface area contributed by atoms with Gasteiger partial charge >= 0.3 is 6.09 Å². The quantitative estimate of drug-likeness (QED) is 0.811. The number of hydrogen-bond donors (Lipinski definition) is 2. The highest BCUT2D eigenvalue weighted by atomic mass is 16.6. The lowest BCUT2D eigenvalue weighted by Gasteiger charge is -2.26. The van der Waals surface area contributed by atoms with E-state index in [0.29, 0.717) is 0 Å². The van der Waals surface area contributed by atoms with E-state index in [1.165, 1.54) is 32.1 Å². The van der Waals surface area contributed by atoms with Gasteiger partial charge in [0.1, 0.15) is 5.60 Å². The molecule has 4 nitrogen and oxygen atoms in total. The lowest BCUT2D eigenvalue weighted by atomic mass is 9.85. The van der Waals surface area contributed by atoms with Gasteiger partial charge in [0.25, 0.3) is 0 Å². The zero-order valence-corrected chi connectivity index (χ0v) is 13.4. The fourth-order valence-electron chi connectivity index (χ4n) is 2.72. The molecule has 0 aliphatic heterocycles. The number of ether oxygens (including phenoxy) is 1. The number of aliphatic hydroxyl groups excluding tert-OH is 1. The molecule has 0 aromatic rings. The molecule has 1 fully saturated rings. The first kappa shape index (κ1) is 17.3. The summed E-state index contributed by atoms with van der Waals surface area (Å²) in [6.45, 7) is 7.32. The normalized spacial score (nSPS) is 20.2. The Bertz CT molecular complexity index is 293. The zero-order valence-electron chi connectivity index (χ0n) is 13.4. The van der Waals surface area contributed by atoms with E-state index in [1.54, 1.807) is 0 Å². The minimum atomic E-state index is -0.503. The van der Waals surface area contributed by atoms with Gasteiger partial charge in [0.2, 0.25) is 0 Å². The molecular weight excluding hydrogens is 254 g/mol. The number of nitrogens with one attached hydrogen (secondary N) is 1. The maximum Gasteiger partial charge on any atom is 0.407 e. The lowest BCUT2D eigenvalue weighted by molar-refractivity contribution is 0.0420. The number of alkyl carbamates (subject to hydrolysis) is 1. The number of carbonyl (C=O) groups is 1. The van der Waals surface area contributed by atoms with Gasteiger partial charge in [-0.2, -0.15) is 0 Å². The van der Waals surface area contributed by atoms with Crippen LogP contribution in [0, 0.1) is 5.92 Å². The molecule has 20 heavy (non-hydrogen) atoms. The van der Waals surface area contributed by atoms with Gasteiger partial charge in [-0.05, 0) is 46.5 Å². The summed E-state index contributed by atoms with van der Waals surface area (Å²) in [5.74, 6) is 0.757. The summed E-state index contributed by atoms with van der Waals surface area (Å²) in [5, 5.41) is 12.8. The van der Waals surface area contributed by atoms with E-state index in [1.807, 2.05) is 27.7 Å². The van der Waals surface area contributed by atoms with Crippen molar-refractivity contribution >= 4 is 6.09 Å². The van der Waals surface area contributed by atoms with Crippen LogP contribution in [-0.2, 0) is 4.74 Å². The van der Waals surface area contributed by atoms with Crippen LogP contribution in [0.15, 0.2) is 0 Å². The van der Waals surface area contributed by atoms with E-state index in [4.69, 9.17) is 4.74 Å². The predicted molar refractivity (Wildman–Crippen MR) is 80.6 cm³/mol. The van der Waals surface area contributed by atoms with Crippen LogP contribution < -0.4 is 5.32 Å². The van der Waals surface area contributed by atoms with Crippen LogP contribution in [0.25, 0.3) is 0 Å². The Morgan fingerprint density at radius 2 is 1.90 bits per heavy atom. The molecule has 118 valence electrons. The van der Waals surface area contributed by atoms with Crippen molar-refractivity contribution in [2.45, 2.75) is 90.4 Å². The fourth-order valence-corrected chi connectivity index (χ4v) is 2.72. The molecular formula is C16H31NO3. The molecule has 1 amide bonds. The summed E-state index contributed by atoms with van der Waals surface area (Å²) in [6.07, 6.45) is 7.45. The summed E-state index contributed by atoms with van der Waals surface area (Å²) in [7, 11) is 0. The molecule has 0 bridgehead atoms. The largest absolute Gasteiger partial charge is 0.444 e. The Balaban J connectivity index is 2.24. The number of rotatable bonds is 5. The van der Waals surface area contributed by atoms with Gasteiger partial charge in [-0.15, -0.1) is 0 Å². The van der Waals surface area contributed by atoms with Crippen molar-refractivity contribution in [2.24, 2.45) is 5.92 Å². The number of carbonyl (C=O) groups excluding carboxylic acids is 1. The highest BCUT2D eigenvalue weighted by Gasteiger charge is 2.22. The molecule has 2 N–H and O–H groups in total. The van der Waals surface area contributed by atoms with E-state index in [-0.39, 0.29) is 6.04 Å². The maximum absolute atomic E-state index is 11.6. The second-order valence-corrected chi connectivity index (χ2v) is 7.08. The van der Waals surface area contributed by atoms with Crippen molar-refractivity contribution in [1.29, 1.82) is 0 Å². The Morgan fingerprint density at radius 1 is 1.30 bits per heavy atom. The summed E-state index contributed by atoms with van der Waals surface area (Å²) >= 11 is 0. The second kappa shape index (κ2) is 7.87. The molecule has 4 heteroatoms. The average Bonchev–Trinajstić information content (AvgIpc) is 2.34. The second-order valence-electron chi connectivity index (χ2n) is 7.08. The molecule has 2 unspecified atom stereocenters. The molecule has 0 aromatic heterocycles. The van der Waals surface area contributed by atoms with E-state index in [0.717, 1.165) is 18.8 Å². The molecule has 0 radical (unpaired) electrons. The molecule has 0 saturated heterocycles. The topological polar surface area (TPSA) is 58.6 Å². The third-order valence-corrected chi connectivity index (χ3v) is 3.92. The third kappa shape index (κ3) is 7.13. The third-order valence-electron chi connectivity index (χ3n) is 3.92. The van der Waals surface area contributed by atoms with Crippen LogP contribution in [0.3, 0.4) is 0 Å². The van der Waals surface area contributed by atoms with Crippen molar-refractivity contribution < 1.29 is 14.6 Å². The molecule has 1 aliphatic rings. The zero-order chi connectivity index (χ0) is 15.2. The van der Waals surface area contributed by atoms with E-state index in [9.17, 15) is 9.90 Å². The molecule has 0 spiro atoms. The van der Waals surface area contributed by atoms with Crippen LogP contribution >= 0.6 is 0 Å². The lowest BCUT2D eigenvalue weighted by Crippen LogP contribution is -2.43. The smallest absolute Gasteiger partial charge is 0.407 e. The summed E-state index contributed by atoms with van der Waals surface area (Å²) in [5.41, 5.74) is -0.503. The van der Waals surface area contributed by atoms with Gasteiger partial charge in [0.15, 0.2) is 0 Å². The maximum atomic E-state index is 11.6. The van der Waals surface area contributed by atoms with Crippen molar-refractivity contribution in [3.05, 3.63) is 0 Å². The molecule has 1 aliphatic carbocycles. The van der Waals surface area contributed by atoms with Gasteiger partial charge < -0.3 is 15.2 Å². The van der Waals surface area contributed by atoms with Crippen LogP contribution in [0.5, 0.6) is 0 Å². The Hall–Kier alpha value is -0.770. The van der Waals surface area contributed by atoms with E-state index < -0.39 is 17.8 Å². The monoisotopic (exact) mass is 285 g/mol. The molecule has 0 aromatic carbocycles. The molecule has 1 saturated carbocycles. The first-order valence-electron chi connectivity index (χ1n) is 7.95. The standard InChI is InChI=1S/C16H31NO3/c1-12(17-15(19)20-16(2,3)4)14(18)11-10-13-8-6-5-7-9-13/h12-14,18H,5-11H2,1-4H3,(H,17,19). The molecule has 1 rings (SSSR count). The highest BCUT2D eigenvalue weighted by molar-refractivity contribution is 5.68. The summed E-state index contributed by atoms with van der Waals surface area (Å²) in [4.78, 5) is 11.6. The van der Waals surface area contributed by atoms with Gasteiger partial charge in [-0.1, -0.05) is 32.1 Å². The Labute approximate surface area is 123 Å². The SMILES string of the molecule is CC(NC(=O)OC(C)(C)C)C(O)CCC1CCCCC1. The van der Waals surface area contributed by atoms with Crippen LogP contribution in [0.1, 0.15) is 72.6 Å². The van der Waals surface area contributed by atoms with Gasteiger partial charge in [-0.25, -0.2) is 4.79 Å². The minimum Gasteiger partial charge on any atom is -0.444 e. The summed E-state index contributed by atoms with van der Waals surface area (Å²) < 4.78 is 5.19. The summed E-state index contributed by atoms with van der Waals surface area (Å²) in [6, 6.07) is -0.270. The van der Waals surface area contributed by atoms with Gasteiger partial charge in [-0.3, -0.25) is 0 Å². The Kier molecular flexibility index (Phi) is 6.80.